The Balaban J connectivity index is 2.21. The molecule has 0 aliphatic carbocycles. The van der Waals surface area contributed by atoms with Crippen LogP contribution in [0.15, 0.2) is 41.7 Å². The predicted octanol–water partition coefficient (Wildman–Crippen LogP) is 1.70. The Hall–Kier alpha value is -2.43. The molecule has 1 aromatic carbocycles. The quantitative estimate of drug-likeness (QED) is 0.824. The summed E-state index contributed by atoms with van der Waals surface area (Å²) in [5.41, 5.74) is 6.75. The number of benzene rings is 1. The van der Waals surface area contributed by atoms with Gasteiger partial charge in [-0.05, 0) is 5.39 Å². The number of amidine groups is 1. The van der Waals surface area contributed by atoms with E-state index in [4.69, 9.17) is 5.73 Å². The van der Waals surface area contributed by atoms with Gasteiger partial charge in [0.2, 0.25) is 0 Å². The van der Waals surface area contributed by atoms with Crippen LogP contribution in [0.4, 0.5) is 4.79 Å². The minimum absolute atomic E-state index is 0.314. The van der Waals surface area contributed by atoms with Crippen molar-refractivity contribution in [1.29, 1.82) is 0 Å². The number of hydrogen-bond donors (Lipinski definition) is 1. The first-order valence-corrected chi connectivity index (χ1v) is 5.62. The van der Waals surface area contributed by atoms with Crippen molar-refractivity contribution in [3.63, 3.8) is 0 Å². The Morgan fingerprint density at radius 2 is 2.06 bits per heavy atom. The summed E-state index contributed by atoms with van der Waals surface area (Å²) >= 11 is 0. The van der Waals surface area contributed by atoms with Crippen LogP contribution in [0.2, 0.25) is 0 Å². The molecule has 0 saturated heterocycles. The summed E-state index contributed by atoms with van der Waals surface area (Å²) in [4.78, 5) is 21.1. The highest BCUT2D eigenvalue weighted by Gasteiger charge is 2.32. The molecule has 90 valence electrons. The first kappa shape index (κ1) is 10.7. The number of amides is 2. The van der Waals surface area contributed by atoms with E-state index in [1.54, 1.807) is 19.4 Å². The van der Waals surface area contributed by atoms with E-state index >= 15 is 0 Å². The molecule has 5 heteroatoms. The van der Waals surface area contributed by atoms with Gasteiger partial charge in [0, 0.05) is 30.4 Å². The normalized spacial score (nSPS) is 19.4. The highest BCUT2D eigenvalue weighted by Crippen LogP contribution is 2.30. The molecule has 0 fully saturated rings. The molecular weight excluding hydrogens is 228 g/mol. The van der Waals surface area contributed by atoms with Gasteiger partial charge in [-0.25, -0.2) is 4.79 Å². The van der Waals surface area contributed by atoms with Gasteiger partial charge in [0.1, 0.15) is 11.9 Å². The number of nitrogens with zero attached hydrogens (tertiary/aromatic N) is 3. The molecule has 3 rings (SSSR count). The van der Waals surface area contributed by atoms with Gasteiger partial charge in [-0.2, -0.15) is 4.99 Å². The van der Waals surface area contributed by atoms with Crippen molar-refractivity contribution < 1.29 is 4.79 Å². The lowest BCUT2D eigenvalue weighted by molar-refractivity contribution is 0.219. The molecule has 1 aliphatic rings. The van der Waals surface area contributed by atoms with Crippen LogP contribution >= 0.6 is 0 Å². The van der Waals surface area contributed by atoms with Crippen molar-refractivity contribution in [1.82, 2.24) is 9.88 Å². The average Bonchev–Trinajstić information content (AvgIpc) is 2.63. The third kappa shape index (κ3) is 1.44. The van der Waals surface area contributed by atoms with E-state index in [9.17, 15) is 4.79 Å². The number of rotatable bonds is 1. The molecule has 0 radical (unpaired) electrons. The first-order chi connectivity index (χ1) is 8.68. The zero-order valence-corrected chi connectivity index (χ0v) is 9.87. The van der Waals surface area contributed by atoms with E-state index in [0.717, 1.165) is 16.3 Å². The Morgan fingerprint density at radius 3 is 2.78 bits per heavy atom. The molecule has 1 unspecified atom stereocenters. The topological polar surface area (TPSA) is 71.6 Å². The Morgan fingerprint density at radius 1 is 1.28 bits per heavy atom. The monoisotopic (exact) mass is 240 g/mol. The molecule has 1 aliphatic heterocycles. The predicted molar refractivity (Wildman–Crippen MR) is 69.3 cm³/mol. The van der Waals surface area contributed by atoms with Crippen LogP contribution in [0, 0.1) is 0 Å². The first-order valence-electron chi connectivity index (χ1n) is 5.62. The van der Waals surface area contributed by atoms with Gasteiger partial charge in [0.05, 0.1) is 0 Å². The molecule has 5 nitrogen and oxygen atoms in total. The van der Waals surface area contributed by atoms with Crippen molar-refractivity contribution >= 4 is 22.6 Å². The standard InChI is InChI=1S/C13H12N4O/c1-17-11(12(14)16-13(17)18)10-7-15-6-8-4-2-3-5-9(8)10/h2-7,11H,1H3,(H2,14,16,18). The second-order valence-electron chi connectivity index (χ2n) is 4.28. The molecule has 1 aromatic heterocycles. The number of fused-ring (bicyclic) bond motifs is 1. The van der Waals surface area contributed by atoms with E-state index in [1.165, 1.54) is 4.90 Å². The van der Waals surface area contributed by atoms with Gasteiger partial charge in [0.15, 0.2) is 0 Å². The van der Waals surface area contributed by atoms with Crippen molar-refractivity contribution in [3.05, 3.63) is 42.2 Å². The highest BCUT2D eigenvalue weighted by molar-refractivity contribution is 6.05. The fourth-order valence-corrected chi connectivity index (χ4v) is 2.29. The van der Waals surface area contributed by atoms with Crippen LogP contribution < -0.4 is 5.73 Å². The van der Waals surface area contributed by atoms with Gasteiger partial charge in [-0.3, -0.25) is 4.98 Å². The summed E-state index contributed by atoms with van der Waals surface area (Å²) < 4.78 is 0. The lowest BCUT2D eigenvalue weighted by Gasteiger charge is -2.20. The number of likely N-dealkylation sites (N-methyl/N-ethyl adjacent to an activating group) is 1. The molecule has 1 atom stereocenters. The Labute approximate surface area is 104 Å². The van der Waals surface area contributed by atoms with E-state index in [1.807, 2.05) is 24.3 Å². The fourth-order valence-electron chi connectivity index (χ4n) is 2.29. The SMILES string of the molecule is CN1C(=O)N=C(N)C1c1cncc2ccccc12. The van der Waals surface area contributed by atoms with Crippen LogP contribution in [0.25, 0.3) is 10.8 Å². The molecule has 0 bridgehead atoms. The van der Waals surface area contributed by atoms with Crippen molar-refractivity contribution in [2.45, 2.75) is 6.04 Å². The maximum absolute atomic E-state index is 11.5. The number of carbonyl (C=O) groups is 1. The van der Waals surface area contributed by atoms with Gasteiger partial charge < -0.3 is 10.6 Å². The molecule has 2 N–H and O–H groups in total. The molecule has 2 heterocycles. The van der Waals surface area contributed by atoms with Crippen molar-refractivity contribution in [2.24, 2.45) is 10.7 Å². The Bertz CT molecular complexity index is 660. The van der Waals surface area contributed by atoms with Gasteiger partial charge in [-0.15, -0.1) is 0 Å². The van der Waals surface area contributed by atoms with Crippen LogP contribution in [0.5, 0.6) is 0 Å². The van der Waals surface area contributed by atoms with E-state index in [2.05, 4.69) is 9.98 Å². The van der Waals surface area contributed by atoms with E-state index < -0.39 is 0 Å². The summed E-state index contributed by atoms with van der Waals surface area (Å²) in [6, 6.07) is 7.25. The number of aromatic nitrogens is 1. The van der Waals surface area contributed by atoms with Crippen LogP contribution in [0.1, 0.15) is 11.6 Å². The number of hydrogen-bond acceptors (Lipinski definition) is 3. The summed E-state index contributed by atoms with van der Waals surface area (Å²) in [6.07, 6.45) is 3.54. The maximum atomic E-state index is 11.5. The minimum Gasteiger partial charge on any atom is -0.385 e. The molecular formula is C13H12N4O. The van der Waals surface area contributed by atoms with E-state index in [-0.39, 0.29) is 12.1 Å². The number of nitrogens with two attached hydrogens (primary N) is 1. The largest absolute Gasteiger partial charge is 0.385 e. The number of urea groups is 1. The van der Waals surface area contributed by atoms with E-state index in [0.29, 0.717) is 5.84 Å². The van der Waals surface area contributed by atoms with Gasteiger partial charge in [0.25, 0.3) is 0 Å². The van der Waals surface area contributed by atoms with Crippen LogP contribution in [-0.2, 0) is 0 Å². The highest BCUT2D eigenvalue weighted by atomic mass is 16.2. The smallest absolute Gasteiger partial charge is 0.345 e. The second-order valence-corrected chi connectivity index (χ2v) is 4.28. The Kier molecular flexibility index (Phi) is 2.26. The average molecular weight is 240 g/mol. The number of aliphatic imine (C=N–C) groups is 1. The zero-order valence-electron chi connectivity index (χ0n) is 9.87. The third-order valence-electron chi connectivity index (χ3n) is 3.19. The van der Waals surface area contributed by atoms with Gasteiger partial charge >= 0.3 is 6.03 Å². The molecule has 0 saturated carbocycles. The molecule has 2 amide bonds. The summed E-state index contributed by atoms with van der Waals surface area (Å²) in [6.45, 7) is 0. The number of carbonyl (C=O) groups excluding carboxylic acids is 1. The molecule has 18 heavy (non-hydrogen) atoms. The lowest BCUT2D eigenvalue weighted by atomic mass is 10.0. The second kappa shape index (κ2) is 3.80. The zero-order chi connectivity index (χ0) is 12.7. The van der Waals surface area contributed by atoms with Crippen LogP contribution in [0.3, 0.4) is 0 Å². The minimum atomic E-state index is -0.323. The third-order valence-corrected chi connectivity index (χ3v) is 3.19. The van der Waals surface area contributed by atoms with Gasteiger partial charge in [-0.1, -0.05) is 24.3 Å². The fraction of sp³-hybridized carbons (Fsp3) is 0.154. The lowest BCUT2D eigenvalue weighted by Crippen LogP contribution is -2.30. The maximum Gasteiger partial charge on any atom is 0.345 e. The van der Waals surface area contributed by atoms with Crippen LogP contribution in [-0.4, -0.2) is 28.8 Å². The van der Waals surface area contributed by atoms with Crippen molar-refractivity contribution in [2.75, 3.05) is 7.05 Å². The van der Waals surface area contributed by atoms with Crippen molar-refractivity contribution in [3.8, 4) is 0 Å². The number of pyridine rings is 1. The molecule has 2 aromatic rings. The molecule has 0 spiro atoms. The summed E-state index contributed by atoms with van der Waals surface area (Å²) in [5, 5.41) is 2.06. The summed E-state index contributed by atoms with van der Waals surface area (Å²) in [5.74, 6) is 0.320. The summed E-state index contributed by atoms with van der Waals surface area (Å²) in [7, 11) is 1.69.